The van der Waals surface area contributed by atoms with E-state index in [0.29, 0.717) is 6.42 Å². The van der Waals surface area contributed by atoms with E-state index in [4.69, 9.17) is 0 Å². The van der Waals surface area contributed by atoms with Crippen LogP contribution in [0.1, 0.15) is 18.4 Å². The van der Waals surface area contributed by atoms with Crippen LogP contribution in [0.5, 0.6) is 0 Å². The molecule has 1 aromatic rings. The average molecular weight is 193 g/mol. The van der Waals surface area contributed by atoms with E-state index in [1.807, 2.05) is 12.1 Å². The number of aromatic nitrogens is 1. The number of hydrogen-bond donors (Lipinski definition) is 2. The Morgan fingerprint density at radius 1 is 1.43 bits per heavy atom. The molecule has 0 aliphatic rings. The first kappa shape index (κ1) is 10.7. The summed E-state index contributed by atoms with van der Waals surface area (Å²) in [6, 6.07) is 3.94. The van der Waals surface area contributed by atoms with Gasteiger partial charge in [0.15, 0.2) is 0 Å². The summed E-state index contributed by atoms with van der Waals surface area (Å²) in [5.74, 6) is 0.0292. The molecule has 0 saturated carbocycles. The van der Waals surface area contributed by atoms with Crippen molar-refractivity contribution in [2.75, 3.05) is 7.05 Å². The van der Waals surface area contributed by atoms with E-state index in [2.05, 4.69) is 15.8 Å². The van der Waals surface area contributed by atoms with Crippen LogP contribution in [0.3, 0.4) is 0 Å². The summed E-state index contributed by atoms with van der Waals surface area (Å²) in [6.45, 7) is 0. The highest BCUT2D eigenvalue weighted by atomic mass is 16.2. The number of hydrogen-bond acceptors (Lipinski definition) is 3. The van der Waals surface area contributed by atoms with Crippen LogP contribution in [0.2, 0.25) is 0 Å². The SMILES string of the molecule is CNNC(=O)CCCc1ccncc1. The van der Waals surface area contributed by atoms with E-state index in [0.717, 1.165) is 12.8 Å². The Balaban J connectivity index is 2.19. The quantitative estimate of drug-likeness (QED) is 0.675. The summed E-state index contributed by atoms with van der Waals surface area (Å²) in [7, 11) is 1.68. The first-order chi connectivity index (χ1) is 6.83. The molecular formula is C10H15N3O. The Morgan fingerprint density at radius 2 is 2.14 bits per heavy atom. The lowest BCUT2D eigenvalue weighted by Gasteiger charge is -2.02. The van der Waals surface area contributed by atoms with Crippen molar-refractivity contribution in [3.8, 4) is 0 Å². The predicted octanol–water partition coefficient (Wildman–Crippen LogP) is 0.655. The third-order valence-corrected chi connectivity index (χ3v) is 1.88. The van der Waals surface area contributed by atoms with Crippen molar-refractivity contribution in [3.63, 3.8) is 0 Å². The van der Waals surface area contributed by atoms with Gasteiger partial charge in [-0.25, -0.2) is 5.43 Å². The molecule has 0 aliphatic heterocycles. The van der Waals surface area contributed by atoms with Crippen molar-refractivity contribution < 1.29 is 4.79 Å². The molecule has 0 radical (unpaired) electrons. The molecule has 0 spiro atoms. The molecule has 1 aromatic heterocycles. The van der Waals surface area contributed by atoms with Crippen LogP contribution < -0.4 is 10.9 Å². The number of rotatable bonds is 5. The Labute approximate surface area is 83.7 Å². The van der Waals surface area contributed by atoms with Gasteiger partial charge in [-0.05, 0) is 30.5 Å². The Morgan fingerprint density at radius 3 is 2.79 bits per heavy atom. The lowest BCUT2D eigenvalue weighted by molar-refractivity contribution is -0.122. The molecule has 4 heteroatoms. The van der Waals surface area contributed by atoms with Crippen molar-refractivity contribution in [2.45, 2.75) is 19.3 Å². The van der Waals surface area contributed by atoms with Gasteiger partial charge >= 0.3 is 0 Å². The van der Waals surface area contributed by atoms with Crippen molar-refractivity contribution in [1.82, 2.24) is 15.8 Å². The minimum Gasteiger partial charge on any atom is -0.292 e. The molecule has 1 amide bonds. The molecule has 0 aromatic carbocycles. The van der Waals surface area contributed by atoms with E-state index in [-0.39, 0.29) is 5.91 Å². The van der Waals surface area contributed by atoms with Gasteiger partial charge in [0.2, 0.25) is 5.91 Å². The third kappa shape index (κ3) is 4.00. The number of nitrogens with zero attached hydrogens (tertiary/aromatic N) is 1. The molecule has 1 heterocycles. The maximum atomic E-state index is 11.0. The summed E-state index contributed by atoms with van der Waals surface area (Å²) >= 11 is 0. The minimum absolute atomic E-state index is 0.0292. The number of nitrogens with one attached hydrogen (secondary N) is 2. The van der Waals surface area contributed by atoms with Crippen molar-refractivity contribution >= 4 is 5.91 Å². The van der Waals surface area contributed by atoms with Crippen molar-refractivity contribution in [1.29, 1.82) is 0 Å². The molecule has 76 valence electrons. The second kappa shape index (κ2) is 6.10. The number of hydrazine groups is 1. The molecule has 0 aliphatic carbocycles. The normalized spacial score (nSPS) is 9.79. The summed E-state index contributed by atoms with van der Waals surface area (Å²) in [5, 5.41) is 0. The Kier molecular flexibility index (Phi) is 4.64. The zero-order valence-electron chi connectivity index (χ0n) is 8.29. The average Bonchev–Trinajstić information content (AvgIpc) is 2.20. The van der Waals surface area contributed by atoms with Crippen LogP contribution in [0, 0.1) is 0 Å². The van der Waals surface area contributed by atoms with Crippen LogP contribution in [-0.4, -0.2) is 17.9 Å². The fraction of sp³-hybridized carbons (Fsp3) is 0.400. The molecule has 0 bridgehead atoms. The largest absolute Gasteiger partial charge is 0.292 e. The molecule has 1 rings (SSSR count). The van der Waals surface area contributed by atoms with Gasteiger partial charge in [0.05, 0.1) is 0 Å². The maximum absolute atomic E-state index is 11.0. The summed E-state index contributed by atoms with van der Waals surface area (Å²) < 4.78 is 0. The number of carbonyl (C=O) groups excluding carboxylic acids is 1. The second-order valence-electron chi connectivity index (χ2n) is 3.01. The summed E-state index contributed by atoms with van der Waals surface area (Å²) in [5.41, 5.74) is 6.36. The summed E-state index contributed by atoms with van der Waals surface area (Å²) in [6.07, 6.45) is 5.85. The maximum Gasteiger partial charge on any atom is 0.234 e. The van der Waals surface area contributed by atoms with E-state index in [9.17, 15) is 4.79 Å². The number of pyridine rings is 1. The lowest BCUT2D eigenvalue weighted by atomic mass is 10.1. The first-order valence-electron chi connectivity index (χ1n) is 4.67. The van der Waals surface area contributed by atoms with Gasteiger partial charge in [-0.2, -0.15) is 0 Å². The van der Waals surface area contributed by atoms with Crippen LogP contribution >= 0.6 is 0 Å². The number of aryl methyl sites for hydroxylation is 1. The molecule has 14 heavy (non-hydrogen) atoms. The van der Waals surface area contributed by atoms with E-state index >= 15 is 0 Å². The van der Waals surface area contributed by atoms with Crippen LogP contribution in [0.15, 0.2) is 24.5 Å². The molecule has 0 fully saturated rings. The van der Waals surface area contributed by atoms with Crippen molar-refractivity contribution in [2.24, 2.45) is 0 Å². The van der Waals surface area contributed by atoms with Crippen LogP contribution in [0.4, 0.5) is 0 Å². The third-order valence-electron chi connectivity index (χ3n) is 1.88. The minimum atomic E-state index is 0.0292. The zero-order valence-corrected chi connectivity index (χ0v) is 8.29. The highest BCUT2D eigenvalue weighted by Crippen LogP contribution is 2.02. The zero-order chi connectivity index (χ0) is 10.2. The molecular weight excluding hydrogens is 178 g/mol. The smallest absolute Gasteiger partial charge is 0.234 e. The van der Waals surface area contributed by atoms with Gasteiger partial charge in [-0.15, -0.1) is 0 Å². The Hall–Kier alpha value is -1.42. The summed E-state index contributed by atoms with van der Waals surface area (Å²) in [4.78, 5) is 15.0. The Bertz CT molecular complexity index is 274. The van der Waals surface area contributed by atoms with Gasteiger partial charge in [0, 0.05) is 25.9 Å². The fourth-order valence-electron chi connectivity index (χ4n) is 1.20. The highest BCUT2D eigenvalue weighted by Gasteiger charge is 1.99. The fourth-order valence-corrected chi connectivity index (χ4v) is 1.20. The number of carbonyl (C=O) groups is 1. The monoisotopic (exact) mass is 193 g/mol. The van der Waals surface area contributed by atoms with Crippen LogP contribution in [0.25, 0.3) is 0 Å². The predicted molar refractivity (Wildman–Crippen MR) is 54.4 cm³/mol. The van der Waals surface area contributed by atoms with Gasteiger partial charge < -0.3 is 0 Å². The van der Waals surface area contributed by atoms with Gasteiger partial charge in [-0.3, -0.25) is 15.2 Å². The molecule has 4 nitrogen and oxygen atoms in total. The molecule has 2 N–H and O–H groups in total. The van der Waals surface area contributed by atoms with Crippen LogP contribution in [-0.2, 0) is 11.2 Å². The molecule has 0 saturated heterocycles. The van der Waals surface area contributed by atoms with Gasteiger partial charge in [-0.1, -0.05) is 0 Å². The topological polar surface area (TPSA) is 54.0 Å². The second-order valence-corrected chi connectivity index (χ2v) is 3.01. The van der Waals surface area contributed by atoms with Gasteiger partial charge in [0.25, 0.3) is 0 Å². The molecule has 0 atom stereocenters. The van der Waals surface area contributed by atoms with E-state index in [1.165, 1.54) is 5.56 Å². The first-order valence-corrected chi connectivity index (χ1v) is 4.67. The highest BCUT2D eigenvalue weighted by molar-refractivity contribution is 5.75. The lowest BCUT2D eigenvalue weighted by Crippen LogP contribution is -2.33. The molecule has 0 unspecified atom stereocenters. The standard InChI is InChI=1S/C10H15N3O/c1-11-13-10(14)4-2-3-9-5-7-12-8-6-9/h5-8,11H,2-4H2,1H3,(H,13,14). The number of amides is 1. The van der Waals surface area contributed by atoms with Gasteiger partial charge in [0.1, 0.15) is 0 Å². The van der Waals surface area contributed by atoms with Crippen molar-refractivity contribution in [3.05, 3.63) is 30.1 Å². The van der Waals surface area contributed by atoms with E-state index in [1.54, 1.807) is 19.4 Å². The van der Waals surface area contributed by atoms with E-state index < -0.39 is 0 Å².